The van der Waals surface area contributed by atoms with Gasteiger partial charge in [-0.2, -0.15) is 0 Å². The van der Waals surface area contributed by atoms with Crippen LogP contribution in [0.5, 0.6) is 0 Å². The van der Waals surface area contributed by atoms with Gasteiger partial charge in [-0.15, -0.1) is 10.2 Å². The lowest BCUT2D eigenvalue weighted by atomic mass is 9.98. The average molecular weight is 266 g/mol. The number of fused-ring (bicyclic) bond motifs is 1. The van der Waals surface area contributed by atoms with Crippen molar-refractivity contribution < 1.29 is 0 Å². The summed E-state index contributed by atoms with van der Waals surface area (Å²) < 4.78 is 1.92. The Morgan fingerprint density at radius 2 is 1.94 bits per heavy atom. The molecule has 1 saturated heterocycles. The first-order valence-electron chi connectivity index (χ1n) is 6.32. The van der Waals surface area contributed by atoms with Crippen molar-refractivity contribution in [3.05, 3.63) is 17.5 Å². The van der Waals surface area contributed by atoms with Crippen LogP contribution in [-0.2, 0) is 0 Å². The molecule has 3 heterocycles. The molecule has 0 amide bonds. The van der Waals surface area contributed by atoms with E-state index < -0.39 is 0 Å². The molecule has 0 radical (unpaired) electrons. The summed E-state index contributed by atoms with van der Waals surface area (Å²) in [6.07, 6.45) is 7.21. The van der Waals surface area contributed by atoms with Gasteiger partial charge >= 0.3 is 0 Å². The maximum Gasteiger partial charge on any atom is 0.232 e. The predicted molar refractivity (Wildman–Crippen MR) is 71.0 cm³/mol. The van der Waals surface area contributed by atoms with Gasteiger partial charge in [-0.3, -0.25) is 4.40 Å². The molecule has 2 atom stereocenters. The second kappa shape index (κ2) is 4.39. The molecule has 18 heavy (non-hydrogen) atoms. The van der Waals surface area contributed by atoms with E-state index in [1.54, 1.807) is 6.20 Å². The molecule has 0 aromatic carbocycles. The van der Waals surface area contributed by atoms with E-state index in [0.29, 0.717) is 22.9 Å². The Balaban J connectivity index is 2.11. The maximum atomic E-state index is 6.03. The summed E-state index contributed by atoms with van der Waals surface area (Å²) in [7, 11) is 0. The molecule has 6 heteroatoms. The van der Waals surface area contributed by atoms with Crippen LogP contribution in [0.15, 0.2) is 12.4 Å². The minimum Gasteiger partial charge on any atom is -0.335 e. The Bertz CT molecular complexity index is 557. The first kappa shape index (κ1) is 11.7. The summed E-state index contributed by atoms with van der Waals surface area (Å²) in [6.45, 7) is 4.47. The number of hydrogen-bond acceptors (Lipinski definition) is 4. The number of anilines is 1. The molecular weight excluding hydrogens is 250 g/mol. The topological polar surface area (TPSA) is 46.3 Å². The summed E-state index contributed by atoms with van der Waals surface area (Å²) in [5.41, 5.74) is 0.624. The third kappa shape index (κ3) is 1.73. The summed E-state index contributed by atoms with van der Waals surface area (Å²) in [5, 5.41) is 8.83. The first-order chi connectivity index (χ1) is 8.68. The monoisotopic (exact) mass is 265 g/mol. The molecule has 0 bridgehead atoms. The number of nitrogens with zero attached hydrogens (tertiary/aromatic N) is 5. The number of aromatic nitrogens is 4. The molecule has 1 aliphatic rings. The zero-order valence-electron chi connectivity index (χ0n) is 10.5. The Kier molecular flexibility index (Phi) is 2.86. The highest BCUT2D eigenvalue weighted by molar-refractivity contribution is 6.32. The first-order valence-corrected chi connectivity index (χ1v) is 6.70. The van der Waals surface area contributed by atoms with Gasteiger partial charge < -0.3 is 4.90 Å². The molecule has 2 aromatic heterocycles. The minimum absolute atomic E-state index is 0.397. The molecule has 0 spiro atoms. The minimum atomic E-state index is 0.397. The predicted octanol–water partition coefficient (Wildman–Crippen LogP) is 2.55. The van der Waals surface area contributed by atoms with Crippen molar-refractivity contribution in [3.8, 4) is 0 Å². The van der Waals surface area contributed by atoms with Crippen LogP contribution in [0.25, 0.3) is 5.65 Å². The summed E-state index contributed by atoms with van der Waals surface area (Å²) in [6, 6.07) is 0.959. The number of hydrogen-bond donors (Lipinski definition) is 0. The van der Waals surface area contributed by atoms with Gasteiger partial charge in [0.05, 0.1) is 0 Å². The van der Waals surface area contributed by atoms with Crippen LogP contribution in [-0.4, -0.2) is 31.7 Å². The van der Waals surface area contributed by atoms with Crippen molar-refractivity contribution in [2.24, 2.45) is 0 Å². The van der Waals surface area contributed by atoms with Crippen molar-refractivity contribution in [3.63, 3.8) is 0 Å². The number of piperidine rings is 1. The second-order valence-electron chi connectivity index (χ2n) is 4.95. The zero-order chi connectivity index (χ0) is 12.7. The molecule has 3 rings (SSSR count). The highest BCUT2D eigenvalue weighted by atomic mass is 35.5. The molecule has 0 N–H and O–H groups in total. The summed E-state index contributed by atoms with van der Waals surface area (Å²) >= 11 is 6.03. The van der Waals surface area contributed by atoms with Gasteiger partial charge in [0.1, 0.15) is 0 Å². The standard InChI is InChI=1S/C12H16ClN5/c1-8-4-3-5-9(2)18(8)12-16-15-11-10(13)14-6-7-17(11)12/h6-9H,3-5H2,1-2H3/t8-,9-/m1/s1. The fraction of sp³-hybridized carbons (Fsp3) is 0.583. The summed E-state index contributed by atoms with van der Waals surface area (Å²) in [5.74, 6) is 0.869. The lowest BCUT2D eigenvalue weighted by Crippen LogP contribution is -2.44. The fourth-order valence-corrected chi connectivity index (χ4v) is 2.96. The second-order valence-corrected chi connectivity index (χ2v) is 5.31. The maximum absolute atomic E-state index is 6.03. The Morgan fingerprint density at radius 3 is 2.67 bits per heavy atom. The lowest BCUT2D eigenvalue weighted by molar-refractivity contribution is 0.406. The zero-order valence-corrected chi connectivity index (χ0v) is 11.3. The molecule has 2 aromatic rings. The smallest absolute Gasteiger partial charge is 0.232 e. The van der Waals surface area contributed by atoms with Crippen LogP contribution in [0, 0.1) is 0 Å². The van der Waals surface area contributed by atoms with Crippen molar-refractivity contribution in [2.45, 2.75) is 45.2 Å². The van der Waals surface area contributed by atoms with Gasteiger partial charge in [0.2, 0.25) is 5.95 Å². The normalized spacial score (nSPS) is 24.7. The SMILES string of the molecule is C[C@@H]1CCC[C@@H](C)N1c1nnc2c(Cl)nccn12. The van der Waals surface area contributed by atoms with Crippen molar-refractivity contribution in [1.29, 1.82) is 0 Å². The van der Waals surface area contributed by atoms with Crippen LogP contribution in [0.2, 0.25) is 5.15 Å². The highest BCUT2D eigenvalue weighted by Crippen LogP contribution is 2.28. The van der Waals surface area contributed by atoms with E-state index in [1.165, 1.54) is 19.3 Å². The van der Waals surface area contributed by atoms with E-state index in [1.807, 2.05) is 10.6 Å². The van der Waals surface area contributed by atoms with E-state index in [4.69, 9.17) is 11.6 Å². The van der Waals surface area contributed by atoms with E-state index >= 15 is 0 Å². The van der Waals surface area contributed by atoms with Crippen molar-refractivity contribution >= 4 is 23.2 Å². The fourth-order valence-electron chi connectivity index (χ4n) is 2.78. The quantitative estimate of drug-likeness (QED) is 0.795. The van der Waals surface area contributed by atoms with Gasteiger partial charge in [-0.05, 0) is 33.1 Å². The van der Waals surface area contributed by atoms with E-state index in [0.717, 1.165) is 5.95 Å². The molecule has 0 unspecified atom stereocenters. The van der Waals surface area contributed by atoms with E-state index in [2.05, 4.69) is 33.9 Å². The Labute approximate surface area is 111 Å². The van der Waals surface area contributed by atoms with Gasteiger partial charge in [0.25, 0.3) is 0 Å². The highest BCUT2D eigenvalue weighted by Gasteiger charge is 2.28. The van der Waals surface area contributed by atoms with Gasteiger partial charge in [0.15, 0.2) is 10.8 Å². The van der Waals surface area contributed by atoms with E-state index in [-0.39, 0.29) is 0 Å². The van der Waals surface area contributed by atoms with Gasteiger partial charge in [-0.1, -0.05) is 11.6 Å². The van der Waals surface area contributed by atoms with Crippen LogP contribution >= 0.6 is 11.6 Å². The summed E-state index contributed by atoms with van der Waals surface area (Å²) in [4.78, 5) is 6.36. The average Bonchev–Trinajstić information content (AvgIpc) is 2.75. The molecule has 1 aliphatic heterocycles. The third-order valence-corrected chi connectivity index (χ3v) is 3.96. The number of halogens is 1. The van der Waals surface area contributed by atoms with Crippen LogP contribution in [0.3, 0.4) is 0 Å². The van der Waals surface area contributed by atoms with Crippen LogP contribution in [0.4, 0.5) is 5.95 Å². The number of rotatable bonds is 1. The largest absolute Gasteiger partial charge is 0.335 e. The Hall–Kier alpha value is -1.36. The van der Waals surface area contributed by atoms with Gasteiger partial charge in [-0.25, -0.2) is 4.98 Å². The Morgan fingerprint density at radius 1 is 1.22 bits per heavy atom. The van der Waals surface area contributed by atoms with Gasteiger partial charge in [0, 0.05) is 24.5 Å². The van der Waals surface area contributed by atoms with Crippen LogP contribution in [0.1, 0.15) is 33.1 Å². The molecule has 0 saturated carbocycles. The molecular formula is C12H16ClN5. The van der Waals surface area contributed by atoms with E-state index in [9.17, 15) is 0 Å². The lowest BCUT2D eigenvalue weighted by Gasteiger charge is -2.38. The van der Waals surface area contributed by atoms with Crippen molar-refractivity contribution in [2.75, 3.05) is 4.90 Å². The third-order valence-electron chi connectivity index (χ3n) is 3.69. The van der Waals surface area contributed by atoms with Crippen molar-refractivity contribution in [1.82, 2.24) is 19.6 Å². The molecule has 96 valence electrons. The van der Waals surface area contributed by atoms with Crippen LogP contribution < -0.4 is 4.90 Å². The molecule has 1 fully saturated rings. The molecule has 0 aliphatic carbocycles. The molecule has 5 nitrogen and oxygen atoms in total.